The smallest absolute Gasteiger partial charge is 0.243 e. The molecular weight excluding hydrogens is 168 g/mol. The van der Waals surface area contributed by atoms with E-state index in [2.05, 4.69) is 15.2 Å². The van der Waals surface area contributed by atoms with Crippen LogP contribution in [0, 0.1) is 0 Å². The molecule has 0 atom stereocenters. The van der Waals surface area contributed by atoms with Crippen LogP contribution in [0.3, 0.4) is 0 Å². The molecule has 5 nitrogen and oxygen atoms in total. The Morgan fingerprint density at radius 1 is 1.46 bits per heavy atom. The van der Waals surface area contributed by atoms with E-state index in [0.717, 1.165) is 11.5 Å². The average molecular weight is 174 g/mol. The van der Waals surface area contributed by atoms with Gasteiger partial charge in [0.25, 0.3) is 0 Å². The first kappa shape index (κ1) is 6.59. The summed E-state index contributed by atoms with van der Waals surface area (Å²) in [4.78, 5) is 6.04. The third-order valence-corrected chi connectivity index (χ3v) is 1.97. The number of rotatable bonds is 0. The number of anilines is 1. The molecule has 3 heterocycles. The lowest BCUT2D eigenvalue weighted by molar-refractivity contribution is 0.444. The molecule has 0 amide bonds. The molecule has 0 aliphatic carbocycles. The number of pyridine rings is 1. The van der Waals surface area contributed by atoms with E-state index in [1.54, 1.807) is 12.5 Å². The van der Waals surface area contributed by atoms with Gasteiger partial charge in [-0.05, 0) is 12.1 Å². The first-order valence-electron chi connectivity index (χ1n) is 3.92. The van der Waals surface area contributed by atoms with Gasteiger partial charge in [0.2, 0.25) is 5.88 Å². The molecule has 0 bridgehead atoms. The minimum Gasteiger partial charge on any atom is -0.441 e. The van der Waals surface area contributed by atoms with Crippen molar-refractivity contribution in [1.29, 1.82) is 0 Å². The molecule has 0 unspecified atom stereocenters. The lowest BCUT2D eigenvalue weighted by Gasteiger charge is -2.21. The van der Waals surface area contributed by atoms with Gasteiger partial charge in [0.15, 0.2) is 5.82 Å². The first-order valence-corrected chi connectivity index (χ1v) is 3.92. The number of aromatic nitrogens is 1. The van der Waals surface area contributed by atoms with Crippen LogP contribution in [0.25, 0.3) is 0 Å². The molecule has 0 saturated heterocycles. The van der Waals surface area contributed by atoms with Crippen molar-refractivity contribution in [2.75, 3.05) is 11.6 Å². The second kappa shape index (κ2) is 2.29. The summed E-state index contributed by atoms with van der Waals surface area (Å²) in [6.45, 7) is 0.549. The van der Waals surface area contributed by atoms with Crippen molar-refractivity contribution in [3.05, 3.63) is 30.4 Å². The zero-order valence-corrected chi connectivity index (χ0v) is 6.71. The molecule has 0 aromatic carbocycles. The molecule has 64 valence electrons. The van der Waals surface area contributed by atoms with Crippen LogP contribution in [0.2, 0.25) is 0 Å². The van der Waals surface area contributed by atoms with Gasteiger partial charge in [-0.1, -0.05) is 0 Å². The third-order valence-electron chi connectivity index (χ3n) is 1.97. The summed E-state index contributed by atoms with van der Waals surface area (Å²) in [6.07, 6.45) is 3.26. The highest BCUT2D eigenvalue weighted by Gasteiger charge is 2.24. The standard InChI is InChI=1S/C8H6N4O/c1-2-6-8(9-3-1)13-4-7-11-10-5-12(6)7/h1-4H,5H2. The number of azo groups is 1. The lowest BCUT2D eigenvalue weighted by Crippen LogP contribution is -2.21. The maximum Gasteiger partial charge on any atom is 0.243 e. The van der Waals surface area contributed by atoms with E-state index in [0.29, 0.717) is 12.5 Å². The Balaban J connectivity index is 2.14. The highest BCUT2D eigenvalue weighted by molar-refractivity contribution is 5.61. The second-order valence-corrected chi connectivity index (χ2v) is 2.73. The molecule has 0 radical (unpaired) electrons. The summed E-state index contributed by atoms with van der Waals surface area (Å²) in [6, 6.07) is 3.80. The van der Waals surface area contributed by atoms with Crippen LogP contribution in [-0.2, 0) is 0 Å². The maximum absolute atomic E-state index is 5.27. The van der Waals surface area contributed by atoms with E-state index in [1.165, 1.54) is 0 Å². The van der Waals surface area contributed by atoms with Gasteiger partial charge in [-0.15, -0.1) is 5.11 Å². The summed E-state index contributed by atoms with van der Waals surface area (Å²) >= 11 is 0. The Kier molecular flexibility index (Phi) is 1.16. The van der Waals surface area contributed by atoms with Gasteiger partial charge in [0, 0.05) is 6.20 Å². The van der Waals surface area contributed by atoms with Gasteiger partial charge >= 0.3 is 0 Å². The largest absolute Gasteiger partial charge is 0.441 e. The fourth-order valence-corrected chi connectivity index (χ4v) is 1.37. The quantitative estimate of drug-likeness (QED) is 0.598. The number of fused-ring (bicyclic) bond motifs is 3. The van der Waals surface area contributed by atoms with Crippen molar-refractivity contribution in [3.8, 4) is 5.88 Å². The molecular formula is C8H6N4O. The predicted molar refractivity (Wildman–Crippen MR) is 45.2 cm³/mol. The fraction of sp³-hybridized carbons (Fsp3) is 0.125. The Morgan fingerprint density at radius 2 is 2.46 bits per heavy atom. The van der Waals surface area contributed by atoms with Crippen LogP contribution in [0.4, 0.5) is 5.69 Å². The van der Waals surface area contributed by atoms with Gasteiger partial charge in [0.1, 0.15) is 18.6 Å². The fourth-order valence-electron chi connectivity index (χ4n) is 1.37. The molecule has 0 fully saturated rings. The summed E-state index contributed by atoms with van der Waals surface area (Å²) < 4.78 is 5.27. The topological polar surface area (TPSA) is 50.1 Å². The third kappa shape index (κ3) is 0.837. The van der Waals surface area contributed by atoms with Gasteiger partial charge in [-0.25, -0.2) is 4.98 Å². The van der Waals surface area contributed by atoms with Gasteiger partial charge < -0.3 is 4.74 Å². The van der Waals surface area contributed by atoms with E-state index < -0.39 is 0 Å². The van der Waals surface area contributed by atoms with Crippen LogP contribution >= 0.6 is 0 Å². The van der Waals surface area contributed by atoms with E-state index in [1.807, 2.05) is 17.0 Å². The maximum atomic E-state index is 5.27. The molecule has 3 rings (SSSR count). The Morgan fingerprint density at radius 3 is 3.46 bits per heavy atom. The number of ether oxygens (including phenoxy) is 1. The van der Waals surface area contributed by atoms with Crippen molar-refractivity contribution in [3.63, 3.8) is 0 Å². The van der Waals surface area contributed by atoms with Crippen LogP contribution in [0.5, 0.6) is 5.88 Å². The van der Waals surface area contributed by atoms with Gasteiger partial charge in [-0.2, -0.15) is 5.11 Å². The molecule has 5 heteroatoms. The molecule has 1 aromatic heterocycles. The molecule has 0 spiro atoms. The summed E-state index contributed by atoms with van der Waals surface area (Å²) in [7, 11) is 0. The number of hydrogen-bond donors (Lipinski definition) is 0. The summed E-state index contributed by atoms with van der Waals surface area (Å²) in [5, 5.41) is 7.82. The molecule has 13 heavy (non-hydrogen) atoms. The Labute approximate surface area is 74.4 Å². The van der Waals surface area contributed by atoms with Crippen LogP contribution in [0.15, 0.2) is 40.6 Å². The molecule has 0 saturated carbocycles. The van der Waals surface area contributed by atoms with Crippen molar-refractivity contribution < 1.29 is 4.74 Å². The first-order chi connectivity index (χ1) is 6.45. The molecule has 2 aliphatic heterocycles. The minimum atomic E-state index is 0.549. The SMILES string of the molecule is C1=C2N=NCN2c2cccnc2O1. The number of hydrogen-bond acceptors (Lipinski definition) is 5. The van der Waals surface area contributed by atoms with Crippen LogP contribution in [-0.4, -0.2) is 11.7 Å². The van der Waals surface area contributed by atoms with E-state index >= 15 is 0 Å². The Bertz CT molecular complexity index is 412. The molecule has 0 N–H and O–H groups in total. The monoisotopic (exact) mass is 174 g/mol. The van der Waals surface area contributed by atoms with Crippen molar-refractivity contribution in [1.82, 2.24) is 4.98 Å². The minimum absolute atomic E-state index is 0.549. The predicted octanol–water partition coefficient (Wildman–Crippen LogP) is 1.50. The van der Waals surface area contributed by atoms with E-state index in [-0.39, 0.29) is 0 Å². The molecule has 2 aliphatic rings. The van der Waals surface area contributed by atoms with E-state index in [4.69, 9.17) is 4.74 Å². The van der Waals surface area contributed by atoms with Gasteiger partial charge in [0.05, 0.1) is 0 Å². The van der Waals surface area contributed by atoms with Crippen LogP contribution < -0.4 is 9.64 Å². The van der Waals surface area contributed by atoms with Gasteiger partial charge in [-0.3, -0.25) is 4.90 Å². The van der Waals surface area contributed by atoms with Crippen LogP contribution in [0.1, 0.15) is 0 Å². The highest BCUT2D eigenvalue weighted by atomic mass is 16.5. The molecule has 1 aromatic rings. The summed E-state index contributed by atoms with van der Waals surface area (Å²) in [5.41, 5.74) is 0.921. The summed E-state index contributed by atoms with van der Waals surface area (Å²) in [5.74, 6) is 1.35. The normalized spacial score (nSPS) is 17.5. The highest BCUT2D eigenvalue weighted by Crippen LogP contribution is 2.34. The van der Waals surface area contributed by atoms with Crippen molar-refractivity contribution in [2.24, 2.45) is 10.2 Å². The zero-order chi connectivity index (χ0) is 8.67. The number of nitrogens with zero attached hydrogens (tertiary/aromatic N) is 4. The Hall–Kier alpha value is -1.91. The van der Waals surface area contributed by atoms with Crippen molar-refractivity contribution in [2.45, 2.75) is 0 Å². The average Bonchev–Trinajstić information content (AvgIpc) is 2.65. The second-order valence-electron chi connectivity index (χ2n) is 2.73. The lowest BCUT2D eigenvalue weighted by atomic mass is 10.3. The van der Waals surface area contributed by atoms with E-state index in [9.17, 15) is 0 Å². The zero-order valence-electron chi connectivity index (χ0n) is 6.71. The van der Waals surface area contributed by atoms with Crippen molar-refractivity contribution >= 4 is 5.69 Å².